The SMILES string of the molecule is C.CC(C)(C)c1ccc(-c2ccc3c(n2)N2c4nc(-c5ccc(C(C)(C)C)nc5)ccc4C(C)(C)c4cccc(c42)C3(C)C)cn1. The van der Waals surface area contributed by atoms with E-state index in [1.165, 1.54) is 27.9 Å². The van der Waals surface area contributed by atoms with Crippen LogP contribution >= 0.6 is 0 Å². The number of aromatic nitrogens is 4. The first-order chi connectivity index (χ1) is 21.1. The maximum Gasteiger partial charge on any atom is 0.143 e. The molecule has 4 aromatic heterocycles. The van der Waals surface area contributed by atoms with Crippen LogP contribution in [0.15, 0.2) is 79.1 Å². The molecule has 46 heavy (non-hydrogen) atoms. The molecule has 0 fully saturated rings. The number of hydrogen-bond acceptors (Lipinski definition) is 5. The number of hydrogen-bond donors (Lipinski definition) is 0. The summed E-state index contributed by atoms with van der Waals surface area (Å²) in [6.07, 6.45) is 3.92. The quantitative estimate of drug-likeness (QED) is 0.199. The molecule has 5 nitrogen and oxygen atoms in total. The summed E-state index contributed by atoms with van der Waals surface area (Å²) in [5.74, 6) is 1.86. The molecule has 7 rings (SSSR count). The first-order valence-electron chi connectivity index (χ1n) is 16.0. The second-order valence-electron chi connectivity index (χ2n) is 15.8. The average Bonchev–Trinajstić information content (AvgIpc) is 2.99. The van der Waals surface area contributed by atoms with Crippen molar-refractivity contribution in [3.8, 4) is 22.5 Å². The molecule has 0 N–H and O–H groups in total. The summed E-state index contributed by atoms with van der Waals surface area (Å²) in [4.78, 5) is 22.8. The molecule has 1 aromatic carbocycles. The Morgan fingerprint density at radius 3 is 1.28 bits per heavy atom. The highest BCUT2D eigenvalue weighted by Gasteiger charge is 2.46. The molecule has 0 atom stereocenters. The van der Waals surface area contributed by atoms with Gasteiger partial charge in [-0.25, -0.2) is 9.97 Å². The Hall–Kier alpha value is -4.38. The van der Waals surface area contributed by atoms with E-state index in [1.807, 2.05) is 12.4 Å². The Balaban J connectivity index is 0.00000372. The monoisotopic (exact) mass is 609 g/mol. The minimum atomic E-state index is -0.241. The average molecular weight is 610 g/mol. The zero-order chi connectivity index (χ0) is 32.1. The number of fused-ring (bicyclic) bond motifs is 4. The minimum Gasteiger partial charge on any atom is -0.278 e. The van der Waals surface area contributed by atoms with Gasteiger partial charge in [0.2, 0.25) is 0 Å². The summed E-state index contributed by atoms with van der Waals surface area (Å²) in [5.41, 5.74) is 11.6. The van der Waals surface area contributed by atoms with Crippen LogP contribution in [0.25, 0.3) is 22.5 Å². The lowest BCUT2D eigenvalue weighted by molar-refractivity contribution is 0.569. The molecule has 0 saturated heterocycles. The van der Waals surface area contributed by atoms with E-state index in [-0.39, 0.29) is 29.1 Å². The fourth-order valence-corrected chi connectivity index (χ4v) is 6.91. The van der Waals surface area contributed by atoms with Crippen LogP contribution in [0, 0.1) is 0 Å². The van der Waals surface area contributed by atoms with Crippen molar-refractivity contribution in [2.75, 3.05) is 4.90 Å². The molecule has 6 heterocycles. The van der Waals surface area contributed by atoms with Gasteiger partial charge in [-0.05, 0) is 47.5 Å². The fourth-order valence-electron chi connectivity index (χ4n) is 6.91. The lowest BCUT2D eigenvalue weighted by atomic mass is 9.67. The number of benzene rings is 1. The van der Waals surface area contributed by atoms with E-state index in [1.54, 1.807) is 0 Å². The molecule has 0 radical (unpaired) electrons. The van der Waals surface area contributed by atoms with Crippen molar-refractivity contribution in [2.45, 2.75) is 98.3 Å². The van der Waals surface area contributed by atoms with Crippen molar-refractivity contribution in [3.05, 3.63) is 113 Å². The fraction of sp³-hybridized carbons (Fsp3) is 0.366. The largest absolute Gasteiger partial charge is 0.278 e. The molecule has 0 saturated carbocycles. The molecule has 0 aliphatic carbocycles. The van der Waals surface area contributed by atoms with Crippen LogP contribution in [0.4, 0.5) is 17.3 Å². The van der Waals surface area contributed by atoms with E-state index >= 15 is 0 Å². The second kappa shape index (κ2) is 10.3. The normalized spacial score (nSPS) is 15.7. The summed E-state index contributed by atoms with van der Waals surface area (Å²) in [5, 5.41) is 0. The zero-order valence-electron chi connectivity index (χ0n) is 28.2. The van der Waals surface area contributed by atoms with Crippen LogP contribution < -0.4 is 4.90 Å². The summed E-state index contributed by atoms with van der Waals surface area (Å²) in [6, 6.07) is 24.1. The molecular weight excluding hydrogens is 562 g/mol. The number of anilines is 3. The molecule has 0 bridgehead atoms. The minimum absolute atomic E-state index is 0. The first-order valence-corrected chi connectivity index (χ1v) is 16.0. The van der Waals surface area contributed by atoms with Gasteiger partial charge >= 0.3 is 0 Å². The molecule has 0 amide bonds. The highest BCUT2D eigenvalue weighted by Crippen LogP contribution is 2.59. The molecule has 2 aliphatic heterocycles. The van der Waals surface area contributed by atoms with E-state index in [9.17, 15) is 0 Å². The Morgan fingerprint density at radius 2 is 0.935 bits per heavy atom. The van der Waals surface area contributed by atoms with Gasteiger partial charge in [0.05, 0.1) is 17.1 Å². The van der Waals surface area contributed by atoms with Crippen LogP contribution in [0.3, 0.4) is 0 Å². The van der Waals surface area contributed by atoms with E-state index in [0.717, 1.165) is 45.5 Å². The van der Waals surface area contributed by atoms with Crippen molar-refractivity contribution in [3.63, 3.8) is 0 Å². The molecule has 0 unspecified atom stereocenters. The van der Waals surface area contributed by atoms with Gasteiger partial charge in [0.25, 0.3) is 0 Å². The molecule has 2 aliphatic rings. The van der Waals surface area contributed by atoms with Gasteiger partial charge in [-0.1, -0.05) is 107 Å². The third kappa shape index (κ3) is 4.74. The second-order valence-corrected chi connectivity index (χ2v) is 15.8. The van der Waals surface area contributed by atoms with E-state index < -0.39 is 0 Å². The van der Waals surface area contributed by atoms with E-state index in [0.29, 0.717) is 0 Å². The summed E-state index contributed by atoms with van der Waals surface area (Å²) in [6.45, 7) is 22.4. The summed E-state index contributed by atoms with van der Waals surface area (Å²) >= 11 is 0. The zero-order valence-corrected chi connectivity index (χ0v) is 28.2. The van der Waals surface area contributed by atoms with Gasteiger partial charge in [0, 0.05) is 67.7 Å². The summed E-state index contributed by atoms with van der Waals surface area (Å²) < 4.78 is 0. The maximum absolute atomic E-state index is 5.42. The number of pyridine rings is 4. The van der Waals surface area contributed by atoms with Crippen LogP contribution in [-0.2, 0) is 21.7 Å². The smallest absolute Gasteiger partial charge is 0.143 e. The highest BCUT2D eigenvalue weighted by molar-refractivity contribution is 5.91. The van der Waals surface area contributed by atoms with E-state index in [2.05, 4.69) is 141 Å². The standard InChI is InChI=1S/C40H43N5.CH4/c1-37(2,3)32-20-14-24(22-41-32)30-18-16-28-35(43-30)45-34-26(39(28,7)8)12-11-13-27(34)40(9,10)29-17-19-31(44-36(29)45)25-15-21-33(42-23-25)38(4,5)6;/h11-23H,1-10H3;1H4. The van der Waals surface area contributed by atoms with Gasteiger partial charge < -0.3 is 0 Å². The van der Waals surface area contributed by atoms with Gasteiger partial charge in [-0.15, -0.1) is 0 Å². The third-order valence-electron chi connectivity index (χ3n) is 9.78. The lowest BCUT2D eigenvalue weighted by Crippen LogP contribution is -2.39. The van der Waals surface area contributed by atoms with Crippen molar-refractivity contribution in [1.82, 2.24) is 19.9 Å². The molecule has 236 valence electrons. The Morgan fingerprint density at radius 1 is 0.522 bits per heavy atom. The predicted octanol–water partition coefficient (Wildman–Crippen LogP) is 10.6. The lowest BCUT2D eigenvalue weighted by Gasteiger charge is -2.48. The molecule has 5 aromatic rings. The third-order valence-corrected chi connectivity index (χ3v) is 9.78. The molecule has 0 spiro atoms. The predicted molar refractivity (Wildman–Crippen MR) is 192 cm³/mol. The Kier molecular flexibility index (Phi) is 7.09. The number of rotatable bonds is 2. The Labute approximate surface area is 275 Å². The highest BCUT2D eigenvalue weighted by atomic mass is 15.3. The van der Waals surface area contributed by atoms with Crippen molar-refractivity contribution in [2.24, 2.45) is 0 Å². The number of nitrogens with zero attached hydrogens (tertiary/aromatic N) is 5. The van der Waals surface area contributed by atoms with Crippen LogP contribution in [-0.4, -0.2) is 19.9 Å². The van der Waals surface area contributed by atoms with Crippen molar-refractivity contribution in [1.29, 1.82) is 0 Å². The van der Waals surface area contributed by atoms with Crippen molar-refractivity contribution < 1.29 is 0 Å². The van der Waals surface area contributed by atoms with Crippen LogP contribution in [0.2, 0.25) is 0 Å². The molecule has 5 heteroatoms. The van der Waals surface area contributed by atoms with Gasteiger partial charge in [-0.2, -0.15) is 0 Å². The van der Waals surface area contributed by atoms with Gasteiger partial charge in [0.15, 0.2) is 0 Å². The molecular formula is C41H47N5. The van der Waals surface area contributed by atoms with Gasteiger partial charge in [0.1, 0.15) is 11.6 Å². The van der Waals surface area contributed by atoms with Crippen molar-refractivity contribution >= 4 is 17.3 Å². The van der Waals surface area contributed by atoms with Gasteiger partial charge in [-0.3, -0.25) is 14.9 Å². The maximum atomic E-state index is 5.42. The summed E-state index contributed by atoms with van der Waals surface area (Å²) in [7, 11) is 0. The number of para-hydroxylation sites is 1. The Bertz CT molecular complexity index is 1810. The first kappa shape index (κ1) is 31.6. The van der Waals surface area contributed by atoms with Crippen LogP contribution in [0.5, 0.6) is 0 Å². The van der Waals surface area contributed by atoms with Crippen LogP contribution in [0.1, 0.15) is 110 Å². The topological polar surface area (TPSA) is 54.8 Å². The van der Waals surface area contributed by atoms with E-state index in [4.69, 9.17) is 19.9 Å².